The Morgan fingerprint density at radius 2 is 1.47 bits per heavy atom. The Balaban J connectivity index is 2.07. The van der Waals surface area contributed by atoms with E-state index >= 15 is 0 Å². The molecule has 3 rings (SSSR count). The Labute approximate surface area is 417 Å². The van der Waals surface area contributed by atoms with E-state index in [4.69, 9.17) is 32.2 Å². The maximum absolute atomic E-state index is 14.2. The summed E-state index contributed by atoms with van der Waals surface area (Å²) in [6, 6.07) is 9.21. The van der Waals surface area contributed by atoms with Crippen molar-refractivity contribution in [1.82, 2.24) is 10.2 Å². The fourth-order valence-corrected chi connectivity index (χ4v) is 19.7. The Kier molecular flexibility index (Phi) is 24.5. The van der Waals surface area contributed by atoms with Crippen molar-refractivity contribution < 1.29 is 46.6 Å². The van der Waals surface area contributed by atoms with Gasteiger partial charge in [0.25, 0.3) is 0 Å². The summed E-state index contributed by atoms with van der Waals surface area (Å²) in [5.41, 5.74) is -0.957. The van der Waals surface area contributed by atoms with Gasteiger partial charge in [-0.25, -0.2) is 4.79 Å². The molecule has 3 aliphatic heterocycles. The quantitative estimate of drug-likeness (QED) is 0.0234. The van der Waals surface area contributed by atoms with E-state index in [1.807, 2.05) is 39.0 Å². The van der Waals surface area contributed by atoms with Gasteiger partial charge in [0.2, 0.25) is 0 Å². The molecule has 1 amide bonds. The summed E-state index contributed by atoms with van der Waals surface area (Å²) >= 11 is 0. The van der Waals surface area contributed by atoms with Crippen LogP contribution < -0.4 is 5.32 Å². The minimum absolute atomic E-state index is 0.0548. The van der Waals surface area contributed by atoms with Gasteiger partial charge in [-0.05, 0) is 106 Å². The molecule has 68 heavy (non-hydrogen) atoms. The number of carbonyl (C=O) groups is 3. The number of ether oxygens (including phenoxy) is 4. The minimum atomic E-state index is -2.19. The van der Waals surface area contributed by atoms with Crippen molar-refractivity contribution in [3.05, 3.63) is 36.0 Å². The smallest absolute Gasteiger partial charge is 0.410 e. The lowest BCUT2D eigenvalue weighted by atomic mass is 9.88. The minimum Gasteiger partial charge on any atom is -0.457 e. The second-order valence-electron chi connectivity index (χ2n) is 20.8. The number of nitrogens with one attached hydrogen (secondary N) is 1. The summed E-state index contributed by atoms with van der Waals surface area (Å²) in [6.45, 7) is 36.5. The fourth-order valence-electron chi connectivity index (χ4n) is 10.7. The predicted octanol–water partition coefficient (Wildman–Crippen LogP) is 12.3. The molecule has 0 aromatic carbocycles. The van der Waals surface area contributed by atoms with E-state index in [0.29, 0.717) is 39.0 Å². The van der Waals surface area contributed by atoms with E-state index in [1.54, 1.807) is 4.90 Å². The van der Waals surface area contributed by atoms with E-state index in [-0.39, 0.29) is 42.5 Å². The summed E-state index contributed by atoms with van der Waals surface area (Å²) in [4.78, 5) is 42.4. The van der Waals surface area contributed by atoms with Crippen molar-refractivity contribution in [3.63, 3.8) is 0 Å². The summed E-state index contributed by atoms with van der Waals surface area (Å²) in [5.74, 6) is -0.875. The molecule has 2 fully saturated rings. The normalized spacial score (nSPS) is 28.1. The average Bonchev–Trinajstić information content (AvgIpc) is 4.10. The molecule has 10 atom stereocenters. The SMILES string of the molecule is CC[C@H](O[Si](CC)(CC)CC)[C@@H](C)[C@@H]1O[C@H]1C[C@](C)(/C=C/C=C(\C)[C@H]1OC(=O)C[C@H](O[Si](CC)(CC)CC)CC[C@@](C)(OC(C)=O)[C@@H](OC(=O)N2CCNCC2)/C=C/[C@@H]1C)O[Si](CC)(CC)CC. The van der Waals surface area contributed by atoms with Crippen molar-refractivity contribution in [2.75, 3.05) is 26.2 Å². The zero-order chi connectivity index (χ0) is 50.9. The molecule has 0 aliphatic carbocycles. The molecular weight excluding hydrogens is 909 g/mol. The Bertz CT molecular complexity index is 1640. The van der Waals surface area contributed by atoms with Crippen LogP contribution in [0.5, 0.6) is 0 Å². The van der Waals surface area contributed by atoms with Crippen molar-refractivity contribution in [3.8, 4) is 0 Å². The average molecular weight is 1010 g/mol. The number of allylic oxidation sites excluding steroid dienone is 2. The van der Waals surface area contributed by atoms with Crippen LogP contribution in [0.15, 0.2) is 36.0 Å². The van der Waals surface area contributed by atoms with Crippen LogP contribution in [0, 0.1) is 11.8 Å². The first-order valence-electron chi connectivity index (χ1n) is 27.0. The monoisotopic (exact) mass is 1010 g/mol. The molecule has 1 N–H and O–H groups in total. The molecule has 12 nitrogen and oxygen atoms in total. The van der Waals surface area contributed by atoms with Gasteiger partial charge in [-0.3, -0.25) is 9.59 Å². The number of rotatable bonds is 25. The predicted molar refractivity (Wildman–Crippen MR) is 283 cm³/mol. The lowest BCUT2D eigenvalue weighted by Gasteiger charge is -2.39. The van der Waals surface area contributed by atoms with Gasteiger partial charge < -0.3 is 42.4 Å². The van der Waals surface area contributed by atoms with Gasteiger partial charge in [0.15, 0.2) is 31.1 Å². The van der Waals surface area contributed by atoms with Crippen molar-refractivity contribution in [2.24, 2.45) is 11.8 Å². The molecule has 0 spiro atoms. The number of hydrogen-bond acceptors (Lipinski definition) is 11. The van der Waals surface area contributed by atoms with Gasteiger partial charge >= 0.3 is 18.0 Å². The first-order chi connectivity index (χ1) is 32.2. The number of piperazine rings is 1. The number of cyclic esters (lactones) is 1. The highest BCUT2D eigenvalue weighted by molar-refractivity contribution is 6.74. The summed E-state index contributed by atoms with van der Waals surface area (Å²) in [5, 5.41) is 3.29. The van der Waals surface area contributed by atoms with Crippen LogP contribution in [-0.2, 0) is 41.8 Å². The number of hydrogen-bond donors (Lipinski definition) is 1. The molecule has 15 heteroatoms. The molecule has 0 aromatic rings. The third-order valence-electron chi connectivity index (χ3n) is 16.3. The first-order valence-corrected chi connectivity index (χ1v) is 34.6. The van der Waals surface area contributed by atoms with E-state index in [0.717, 1.165) is 72.8 Å². The zero-order valence-corrected chi connectivity index (χ0v) is 48.8. The van der Waals surface area contributed by atoms with E-state index < -0.39 is 66.5 Å². The van der Waals surface area contributed by atoms with Crippen molar-refractivity contribution in [2.45, 2.75) is 245 Å². The summed E-state index contributed by atoms with van der Waals surface area (Å²) in [7, 11) is -6.05. The topological polar surface area (TPSA) is 134 Å². The van der Waals surface area contributed by atoms with Crippen LogP contribution in [0.2, 0.25) is 54.4 Å². The molecule has 0 unspecified atom stereocenters. The standard InChI is InChI=1S/C53H98N2O10Si3/c1-17-45(64-67(21-5,22-6)23-7)42(13)50-46(59-50)39-52(15,65-68(24-8,25-9)26-10)32-27-28-40(11)49-41(12)29-30-47(60-51(58)55-36-34-54-35-37-55)53(16,62-43(14)56)33-31-44(38-48(57)61-49)63-66(18-2,19-3)20-4/h27-30,32,41-42,44-47,49-50,54H,17-26,31,33-39H2,1-16H3/b30-29+,32-27+,40-28+/t41-,42+,44+,45-,46-,47-,49+,50-,52-,53+/m0/s1. The van der Waals surface area contributed by atoms with Crippen LogP contribution in [0.3, 0.4) is 0 Å². The maximum Gasteiger partial charge on any atom is 0.410 e. The molecule has 0 saturated carbocycles. The number of nitrogens with zero attached hydrogens (tertiary/aromatic N) is 1. The number of amides is 1. The molecule has 0 bridgehead atoms. The van der Waals surface area contributed by atoms with E-state index in [1.165, 1.54) is 6.92 Å². The van der Waals surface area contributed by atoms with E-state index in [9.17, 15) is 14.4 Å². The summed E-state index contributed by atoms with van der Waals surface area (Å²) < 4.78 is 46.9. The molecule has 0 aromatic heterocycles. The molecule has 3 heterocycles. The lowest BCUT2D eigenvalue weighted by molar-refractivity contribution is -0.168. The Morgan fingerprint density at radius 3 is 2.00 bits per heavy atom. The van der Waals surface area contributed by atoms with Crippen LogP contribution in [-0.4, -0.2) is 122 Å². The third-order valence-corrected chi connectivity index (χ3v) is 30.5. The van der Waals surface area contributed by atoms with Gasteiger partial charge in [0.05, 0.1) is 30.3 Å². The number of esters is 2. The third kappa shape index (κ3) is 16.7. The fraction of sp³-hybridized carbons (Fsp3) is 0.830. The molecule has 2 saturated heterocycles. The highest BCUT2D eigenvalue weighted by Gasteiger charge is 2.51. The largest absolute Gasteiger partial charge is 0.457 e. The molecule has 0 radical (unpaired) electrons. The number of carbonyl (C=O) groups excluding carboxylic acids is 3. The van der Waals surface area contributed by atoms with Gasteiger partial charge in [-0.1, -0.05) is 107 Å². The summed E-state index contributed by atoms with van der Waals surface area (Å²) in [6.07, 6.45) is 10.4. The van der Waals surface area contributed by atoms with Gasteiger partial charge in [0, 0.05) is 57.5 Å². The van der Waals surface area contributed by atoms with Gasteiger partial charge in [-0.15, -0.1) is 0 Å². The van der Waals surface area contributed by atoms with Crippen LogP contribution in [0.4, 0.5) is 4.79 Å². The molecular formula is C53H98N2O10Si3. The van der Waals surface area contributed by atoms with Crippen molar-refractivity contribution in [1.29, 1.82) is 0 Å². The van der Waals surface area contributed by atoms with Gasteiger partial charge in [0.1, 0.15) is 11.7 Å². The first kappa shape index (κ1) is 60.2. The second kappa shape index (κ2) is 27.6. The lowest BCUT2D eigenvalue weighted by Crippen LogP contribution is -2.51. The highest BCUT2D eigenvalue weighted by atomic mass is 28.4. The van der Waals surface area contributed by atoms with Gasteiger partial charge in [-0.2, -0.15) is 0 Å². The number of epoxide rings is 1. The van der Waals surface area contributed by atoms with E-state index in [2.05, 4.69) is 101 Å². The maximum atomic E-state index is 14.2. The van der Waals surface area contributed by atoms with Crippen LogP contribution >= 0.6 is 0 Å². The highest BCUT2D eigenvalue weighted by Crippen LogP contribution is 2.43. The second-order valence-corrected chi connectivity index (χ2v) is 34.9. The molecule has 392 valence electrons. The Hall–Kier alpha value is -2.12. The molecule has 3 aliphatic rings. The Morgan fingerprint density at radius 1 is 0.897 bits per heavy atom. The zero-order valence-electron chi connectivity index (χ0n) is 45.8. The van der Waals surface area contributed by atoms with Crippen molar-refractivity contribution >= 4 is 43.0 Å². The van der Waals surface area contributed by atoms with Crippen LogP contribution in [0.1, 0.15) is 143 Å². The van der Waals surface area contributed by atoms with Crippen LogP contribution in [0.25, 0.3) is 0 Å².